The van der Waals surface area contributed by atoms with E-state index in [0.717, 1.165) is 70.6 Å². The van der Waals surface area contributed by atoms with Gasteiger partial charge in [-0.05, 0) is 57.8 Å². The van der Waals surface area contributed by atoms with E-state index in [1.807, 2.05) is 21.1 Å². The third-order valence-corrected chi connectivity index (χ3v) is 13.3. The highest BCUT2D eigenvalue weighted by Gasteiger charge is 2.25. The minimum absolute atomic E-state index is 0.177. The number of carboxylic acids is 1. The summed E-state index contributed by atoms with van der Waals surface area (Å²) in [6.07, 6.45) is 67.6. The standard InChI is InChI=1S/C64H115NO8/c1-6-8-10-12-14-16-18-19-20-21-22-23-24-25-26-27-28-29-30-31-32-33-34-35-36-37-38-39-40-41-42-43-45-47-49-51-53-55-62(67)73-60(59-72-64(63(68)69)70-57-56-65(3,4)5)58-71-61(66)54-52-50-48-46-44-17-15-13-11-9-7-2/h8,10,14,16,19-20,22-23,25-26,60,64H,6-7,9,11-13,15,17-18,21,24,27-59H2,1-5H3/p+1/b10-8-,16-14-,20-19-,23-22-,26-25-. The highest BCUT2D eigenvalue weighted by atomic mass is 16.7. The van der Waals surface area contributed by atoms with E-state index in [9.17, 15) is 19.5 Å². The summed E-state index contributed by atoms with van der Waals surface area (Å²) in [5.41, 5.74) is 0. The minimum atomic E-state index is -1.51. The van der Waals surface area contributed by atoms with Crippen LogP contribution in [0.15, 0.2) is 60.8 Å². The predicted octanol–water partition coefficient (Wildman–Crippen LogP) is 18.0. The van der Waals surface area contributed by atoms with Crippen molar-refractivity contribution >= 4 is 17.9 Å². The van der Waals surface area contributed by atoms with Crippen LogP contribution in [0.25, 0.3) is 0 Å². The second-order valence-electron chi connectivity index (χ2n) is 21.6. The largest absolute Gasteiger partial charge is 0.477 e. The first-order chi connectivity index (χ1) is 35.6. The zero-order valence-corrected chi connectivity index (χ0v) is 48.3. The maximum atomic E-state index is 12.9. The lowest BCUT2D eigenvalue weighted by molar-refractivity contribution is -0.870. The topological polar surface area (TPSA) is 108 Å². The number of quaternary nitrogens is 1. The van der Waals surface area contributed by atoms with Crippen LogP contribution in [0, 0.1) is 0 Å². The van der Waals surface area contributed by atoms with Gasteiger partial charge in [0, 0.05) is 12.8 Å². The van der Waals surface area contributed by atoms with Crippen molar-refractivity contribution in [3.63, 3.8) is 0 Å². The average Bonchev–Trinajstić information content (AvgIpc) is 3.36. The Morgan fingerprint density at radius 2 is 0.781 bits per heavy atom. The van der Waals surface area contributed by atoms with Crippen molar-refractivity contribution < 1.29 is 42.9 Å². The van der Waals surface area contributed by atoms with Gasteiger partial charge in [0.15, 0.2) is 6.10 Å². The summed E-state index contributed by atoms with van der Waals surface area (Å²) in [4.78, 5) is 37.3. The van der Waals surface area contributed by atoms with E-state index in [4.69, 9.17) is 18.9 Å². The predicted molar refractivity (Wildman–Crippen MR) is 309 cm³/mol. The number of carboxylic acid groups (broad SMARTS) is 1. The van der Waals surface area contributed by atoms with Crippen molar-refractivity contribution in [3.8, 4) is 0 Å². The van der Waals surface area contributed by atoms with E-state index < -0.39 is 24.3 Å². The molecule has 1 N–H and O–H groups in total. The normalized spacial score (nSPS) is 13.2. The van der Waals surface area contributed by atoms with Crippen molar-refractivity contribution in [2.24, 2.45) is 0 Å². The van der Waals surface area contributed by atoms with E-state index in [-0.39, 0.29) is 32.2 Å². The van der Waals surface area contributed by atoms with Crippen LogP contribution in [0.1, 0.15) is 271 Å². The maximum absolute atomic E-state index is 12.9. The molecule has 424 valence electrons. The van der Waals surface area contributed by atoms with Crippen molar-refractivity contribution in [2.45, 2.75) is 283 Å². The first-order valence-corrected chi connectivity index (χ1v) is 30.5. The fourth-order valence-electron chi connectivity index (χ4n) is 8.63. The third-order valence-electron chi connectivity index (χ3n) is 13.3. The van der Waals surface area contributed by atoms with Gasteiger partial charge in [-0.15, -0.1) is 0 Å². The Morgan fingerprint density at radius 3 is 1.16 bits per heavy atom. The molecule has 73 heavy (non-hydrogen) atoms. The van der Waals surface area contributed by atoms with E-state index in [1.54, 1.807) is 0 Å². The lowest BCUT2D eigenvalue weighted by Crippen LogP contribution is -2.40. The number of allylic oxidation sites excluding steroid dienone is 10. The number of hydrogen-bond donors (Lipinski definition) is 1. The summed E-state index contributed by atoms with van der Waals surface area (Å²) in [5, 5.41) is 9.68. The summed E-state index contributed by atoms with van der Waals surface area (Å²) < 4.78 is 22.8. The van der Waals surface area contributed by atoms with Gasteiger partial charge >= 0.3 is 17.9 Å². The number of rotatable bonds is 56. The Labute approximate surface area is 450 Å². The first-order valence-electron chi connectivity index (χ1n) is 30.5. The second-order valence-corrected chi connectivity index (χ2v) is 21.6. The molecule has 0 amide bonds. The van der Waals surface area contributed by atoms with Gasteiger partial charge in [0.2, 0.25) is 0 Å². The average molecular weight is 1030 g/mol. The molecule has 0 saturated carbocycles. The number of unbranched alkanes of at least 4 members (excludes halogenated alkanes) is 31. The number of carbonyl (C=O) groups excluding carboxylic acids is 2. The van der Waals surface area contributed by atoms with Crippen molar-refractivity contribution in [1.29, 1.82) is 0 Å². The van der Waals surface area contributed by atoms with Gasteiger partial charge in [-0.2, -0.15) is 0 Å². The van der Waals surface area contributed by atoms with Crippen LogP contribution >= 0.6 is 0 Å². The van der Waals surface area contributed by atoms with E-state index in [1.165, 1.54) is 173 Å². The first kappa shape index (κ1) is 70.0. The van der Waals surface area contributed by atoms with Crippen LogP contribution in [0.4, 0.5) is 0 Å². The lowest BCUT2D eigenvalue weighted by Gasteiger charge is -2.25. The van der Waals surface area contributed by atoms with Crippen LogP contribution in [0.2, 0.25) is 0 Å². The molecule has 0 aromatic heterocycles. The molecule has 2 unspecified atom stereocenters. The number of carbonyl (C=O) groups is 3. The minimum Gasteiger partial charge on any atom is -0.477 e. The molecule has 0 rings (SSSR count). The Kier molecular flexibility index (Phi) is 53.0. The Bertz CT molecular complexity index is 1380. The molecule has 0 fully saturated rings. The number of aliphatic carboxylic acids is 1. The fourth-order valence-corrected chi connectivity index (χ4v) is 8.63. The molecule has 0 spiro atoms. The van der Waals surface area contributed by atoms with Crippen LogP contribution in [-0.4, -0.2) is 87.4 Å². The number of likely N-dealkylation sites (N-methyl/N-ethyl adjacent to an activating group) is 1. The molecule has 0 aliphatic rings. The number of hydrogen-bond acceptors (Lipinski definition) is 7. The van der Waals surface area contributed by atoms with Gasteiger partial charge < -0.3 is 28.5 Å². The summed E-state index contributed by atoms with van der Waals surface area (Å²) in [5.74, 6) is -1.99. The number of ether oxygens (including phenoxy) is 4. The summed E-state index contributed by atoms with van der Waals surface area (Å²) >= 11 is 0. The zero-order chi connectivity index (χ0) is 53.4. The zero-order valence-electron chi connectivity index (χ0n) is 48.3. The van der Waals surface area contributed by atoms with Crippen molar-refractivity contribution in [3.05, 3.63) is 60.8 Å². The summed E-state index contributed by atoms with van der Waals surface area (Å²) in [6.45, 7) is 4.78. The summed E-state index contributed by atoms with van der Waals surface area (Å²) in [7, 11) is 5.97. The van der Waals surface area contributed by atoms with Crippen molar-refractivity contribution in [1.82, 2.24) is 0 Å². The molecule has 0 radical (unpaired) electrons. The van der Waals surface area contributed by atoms with Gasteiger partial charge in [-0.1, -0.05) is 261 Å². The molecular formula is C64H116NO8+. The lowest BCUT2D eigenvalue weighted by atomic mass is 10.0. The van der Waals surface area contributed by atoms with Crippen LogP contribution in [0.3, 0.4) is 0 Å². The monoisotopic (exact) mass is 1030 g/mol. The molecule has 9 heteroatoms. The van der Waals surface area contributed by atoms with Crippen molar-refractivity contribution in [2.75, 3.05) is 47.5 Å². The molecule has 0 aromatic carbocycles. The molecule has 0 aliphatic carbocycles. The molecule has 9 nitrogen and oxygen atoms in total. The van der Waals surface area contributed by atoms with E-state index in [2.05, 4.69) is 74.6 Å². The van der Waals surface area contributed by atoms with Crippen LogP contribution in [0.5, 0.6) is 0 Å². The molecule has 0 aromatic rings. The quantitative estimate of drug-likeness (QED) is 0.0211. The van der Waals surface area contributed by atoms with Gasteiger partial charge in [0.1, 0.15) is 13.2 Å². The van der Waals surface area contributed by atoms with Gasteiger partial charge in [0.05, 0.1) is 34.4 Å². The Morgan fingerprint density at radius 1 is 0.425 bits per heavy atom. The smallest absolute Gasteiger partial charge is 0.361 e. The molecule has 2 atom stereocenters. The Hall–Kier alpha value is -3.01. The second kappa shape index (κ2) is 55.2. The fraction of sp³-hybridized carbons (Fsp3) is 0.797. The molecule has 0 aliphatic heterocycles. The maximum Gasteiger partial charge on any atom is 0.361 e. The highest BCUT2D eigenvalue weighted by Crippen LogP contribution is 2.17. The third kappa shape index (κ3) is 56.6. The molecular weight excluding hydrogens is 911 g/mol. The van der Waals surface area contributed by atoms with Gasteiger partial charge in [-0.3, -0.25) is 9.59 Å². The number of nitrogens with zero attached hydrogens (tertiary/aromatic N) is 1. The molecule has 0 bridgehead atoms. The van der Waals surface area contributed by atoms with E-state index >= 15 is 0 Å². The summed E-state index contributed by atoms with van der Waals surface area (Å²) in [6, 6.07) is 0. The van der Waals surface area contributed by atoms with Gasteiger partial charge in [-0.25, -0.2) is 4.79 Å². The van der Waals surface area contributed by atoms with Crippen LogP contribution in [-0.2, 0) is 33.3 Å². The SMILES string of the molecule is CC/C=C\C/C=C\C/C=C\C/C=C\C/C=C\CCCCCCCCCCCCCCCCCCCCCCCC(=O)OC(COC(=O)CCCCCCCCCCCCC)COC(OCC[N+](C)(C)C)C(=O)O. The Balaban J connectivity index is 3.96. The molecule has 0 saturated heterocycles. The van der Waals surface area contributed by atoms with E-state index in [0.29, 0.717) is 17.4 Å². The van der Waals surface area contributed by atoms with Crippen LogP contribution < -0.4 is 0 Å². The van der Waals surface area contributed by atoms with Gasteiger partial charge in [0.25, 0.3) is 6.29 Å². The number of esters is 2. The highest BCUT2D eigenvalue weighted by molar-refractivity contribution is 5.71. The molecule has 0 heterocycles.